The van der Waals surface area contributed by atoms with Crippen LogP contribution in [0.3, 0.4) is 0 Å². The Balaban J connectivity index is 1.88. The van der Waals surface area contributed by atoms with Gasteiger partial charge in [-0.1, -0.05) is 11.6 Å². The van der Waals surface area contributed by atoms with Crippen molar-refractivity contribution in [1.29, 1.82) is 0 Å². The van der Waals surface area contributed by atoms with E-state index >= 15 is 0 Å². The minimum atomic E-state index is 0.180. The monoisotopic (exact) mass is 281 g/mol. The normalized spacial score (nSPS) is 11.2. The highest BCUT2D eigenvalue weighted by Gasteiger charge is 2.14. The zero-order chi connectivity index (χ0) is 15.0. The summed E-state index contributed by atoms with van der Waals surface area (Å²) in [5.41, 5.74) is 3.09. The van der Waals surface area contributed by atoms with Crippen molar-refractivity contribution in [1.82, 2.24) is 14.1 Å². The molecule has 0 saturated heterocycles. The molecule has 0 spiro atoms. The Bertz CT molecular complexity index is 811. The maximum absolute atomic E-state index is 12.5. The van der Waals surface area contributed by atoms with Crippen molar-refractivity contribution >= 4 is 16.7 Å². The van der Waals surface area contributed by atoms with Crippen LogP contribution in [0.15, 0.2) is 36.8 Å². The van der Waals surface area contributed by atoms with Crippen LogP contribution >= 0.6 is 0 Å². The first-order chi connectivity index (χ1) is 10.1. The molecule has 0 radical (unpaired) electrons. The number of benzene rings is 1. The SMILES string of the molecule is Cc1ccc2c(c1)c(C(=O)CCn1ccnc1C)cn2C. The van der Waals surface area contributed by atoms with Gasteiger partial charge in [-0.25, -0.2) is 4.98 Å². The molecule has 108 valence electrons. The highest BCUT2D eigenvalue weighted by atomic mass is 16.1. The van der Waals surface area contributed by atoms with Crippen LogP contribution in [0.4, 0.5) is 0 Å². The third-order valence-corrected chi connectivity index (χ3v) is 3.95. The van der Waals surface area contributed by atoms with Crippen LogP contribution in [-0.4, -0.2) is 19.9 Å². The molecule has 21 heavy (non-hydrogen) atoms. The Morgan fingerprint density at radius 3 is 2.81 bits per heavy atom. The van der Waals surface area contributed by atoms with Gasteiger partial charge in [0.25, 0.3) is 0 Å². The molecular weight excluding hydrogens is 262 g/mol. The quantitative estimate of drug-likeness (QED) is 0.689. The van der Waals surface area contributed by atoms with Crippen LogP contribution in [0.2, 0.25) is 0 Å². The molecule has 0 aliphatic heterocycles. The van der Waals surface area contributed by atoms with Crippen molar-refractivity contribution in [3.8, 4) is 0 Å². The third kappa shape index (κ3) is 2.49. The van der Waals surface area contributed by atoms with Crippen molar-refractivity contribution in [2.45, 2.75) is 26.8 Å². The Morgan fingerprint density at radius 1 is 1.29 bits per heavy atom. The molecule has 4 heteroatoms. The van der Waals surface area contributed by atoms with Gasteiger partial charge in [-0.15, -0.1) is 0 Å². The number of aryl methyl sites for hydroxylation is 4. The number of ketones is 1. The summed E-state index contributed by atoms with van der Waals surface area (Å²) in [5, 5.41) is 1.05. The van der Waals surface area contributed by atoms with E-state index in [1.54, 1.807) is 6.20 Å². The van der Waals surface area contributed by atoms with Gasteiger partial charge in [0.05, 0.1) is 0 Å². The molecule has 0 amide bonds. The Morgan fingerprint density at radius 2 is 2.10 bits per heavy atom. The van der Waals surface area contributed by atoms with E-state index in [1.165, 1.54) is 5.56 Å². The molecule has 2 aromatic heterocycles. The molecule has 4 nitrogen and oxygen atoms in total. The highest BCUT2D eigenvalue weighted by Crippen LogP contribution is 2.23. The van der Waals surface area contributed by atoms with Gasteiger partial charge in [0, 0.05) is 55.1 Å². The molecule has 0 aliphatic rings. The fourth-order valence-electron chi connectivity index (χ4n) is 2.72. The maximum atomic E-state index is 12.5. The van der Waals surface area contributed by atoms with Gasteiger partial charge >= 0.3 is 0 Å². The summed E-state index contributed by atoms with van der Waals surface area (Å²) in [4.78, 5) is 16.7. The van der Waals surface area contributed by atoms with E-state index in [0.29, 0.717) is 13.0 Å². The van der Waals surface area contributed by atoms with Crippen molar-refractivity contribution < 1.29 is 4.79 Å². The largest absolute Gasteiger partial charge is 0.350 e. The lowest BCUT2D eigenvalue weighted by Crippen LogP contribution is -2.06. The summed E-state index contributed by atoms with van der Waals surface area (Å²) in [7, 11) is 1.98. The van der Waals surface area contributed by atoms with Crippen LogP contribution in [0, 0.1) is 13.8 Å². The van der Waals surface area contributed by atoms with Gasteiger partial charge in [-0.2, -0.15) is 0 Å². The van der Waals surface area contributed by atoms with Crippen LogP contribution in [0.1, 0.15) is 28.2 Å². The molecule has 0 aliphatic carbocycles. The number of imidazole rings is 1. The van der Waals surface area contributed by atoms with Crippen molar-refractivity contribution in [3.63, 3.8) is 0 Å². The average Bonchev–Trinajstić information content (AvgIpc) is 3.00. The number of nitrogens with zero attached hydrogens (tertiary/aromatic N) is 3. The molecule has 2 heterocycles. The van der Waals surface area contributed by atoms with Gasteiger partial charge in [-0.3, -0.25) is 4.79 Å². The molecule has 3 rings (SSSR count). The van der Waals surface area contributed by atoms with Crippen LogP contribution < -0.4 is 0 Å². The number of aromatic nitrogens is 3. The fourth-order valence-corrected chi connectivity index (χ4v) is 2.72. The van der Waals surface area contributed by atoms with E-state index in [0.717, 1.165) is 22.3 Å². The topological polar surface area (TPSA) is 39.8 Å². The number of hydrogen-bond donors (Lipinski definition) is 0. The predicted octanol–water partition coefficient (Wildman–Crippen LogP) is 3.26. The summed E-state index contributed by atoms with van der Waals surface area (Å²) in [5.74, 6) is 1.12. The fraction of sp³-hybridized carbons (Fsp3) is 0.294. The molecular formula is C17H19N3O. The average molecular weight is 281 g/mol. The first-order valence-corrected chi connectivity index (χ1v) is 7.13. The predicted molar refractivity (Wildman–Crippen MR) is 83.6 cm³/mol. The summed E-state index contributed by atoms with van der Waals surface area (Å²) in [6.45, 7) is 4.67. The second-order valence-corrected chi connectivity index (χ2v) is 5.52. The molecule has 0 fully saturated rings. The van der Waals surface area contributed by atoms with Crippen molar-refractivity contribution in [2.24, 2.45) is 7.05 Å². The van der Waals surface area contributed by atoms with E-state index in [9.17, 15) is 4.79 Å². The zero-order valence-electron chi connectivity index (χ0n) is 12.6. The summed E-state index contributed by atoms with van der Waals surface area (Å²) >= 11 is 0. The molecule has 0 N–H and O–H groups in total. The van der Waals surface area contributed by atoms with Gasteiger partial charge in [0.2, 0.25) is 0 Å². The highest BCUT2D eigenvalue weighted by molar-refractivity contribution is 6.08. The molecule has 0 bridgehead atoms. The number of hydrogen-bond acceptors (Lipinski definition) is 2. The maximum Gasteiger partial charge on any atom is 0.166 e. The second kappa shape index (κ2) is 5.20. The van der Waals surface area contributed by atoms with Gasteiger partial charge in [0.15, 0.2) is 5.78 Å². The van der Waals surface area contributed by atoms with Crippen LogP contribution in [-0.2, 0) is 13.6 Å². The molecule has 1 aromatic carbocycles. The standard InChI is InChI=1S/C17H19N3O/c1-12-4-5-16-14(10-12)15(11-19(16)3)17(21)6-8-20-9-7-18-13(20)2/h4-5,7,9-11H,6,8H2,1-3H3. The first-order valence-electron chi connectivity index (χ1n) is 7.13. The lowest BCUT2D eigenvalue weighted by Gasteiger charge is -2.04. The van der Waals surface area contributed by atoms with Crippen molar-refractivity contribution in [3.05, 3.63) is 53.7 Å². The molecule has 0 atom stereocenters. The Kier molecular flexibility index (Phi) is 3.37. The van der Waals surface area contributed by atoms with Gasteiger partial charge < -0.3 is 9.13 Å². The van der Waals surface area contributed by atoms with Gasteiger partial charge in [0.1, 0.15) is 5.82 Å². The van der Waals surface area contributed by atoms with E-state index in [-0.39, 0.29) is 5.78 Å². The van der Waals surface area contributed by atoms with E-state index in [1.807, 2.05) is 35.5 Å². The zero-order valence-corrected chi connectivity index (χ0v) is 12.6. The number of rotatable bonds is 4. The third-order valence-electron chi connectivity index (χ3n) is 3.95. The van der Waals surface area contributed by atoms with E-state index in [4.69, 9.17) is 0 Å². The Hall–Kier alpha value is -2.36. The number of fused-ring (bicyclic) bond motifs is 1. The minimum Gasteiger partial charge on any atom is -0.350 e. The minimum absolute atomic E-state index is 0.180. The number of carbonyl (C=O) groups excluding carboxylic acids is 1. The lowest BCUT2D eigenvalue weighted by atomic mass is 10.1. The Labute approximate surface area is 124 Å². The summed E-state index contributed by atoms with van der Waals surface area (Å²) < 4.78 is 4.03. The van der Waals surface area contributed by atoms with Crippen molar-refractivity contribution in [2.75, 3.05) is 0 Å². The van der Waals surface area contributed by atoms with Crippen LogP contribution in [0.25, 0.3) is 10.9 Å². The molecule has 0 saturated carbocycles. The number of Topliss-reactive ketones (excluding diaryl/α,β-unsaturated/α-hetero) is 1. The summed E-state index contributed by atoms with van der Waals surface area (Å²) in [6.07, 6.45) is 6.11. The first kappa shape index (κ1) is 13.6. The lowest BCUT2D eigenvalue weighted by molar-refractivity contribution is 0.0978. The van der Waals surface area contributed by atoms with E-state index in [2.05, 4.69) is 30.1 Å². The molecule has 3 aromatic rings. The van der Waals surface area contributed by atoms with E-state index < -0.39 is 0 Å². The van der Waals surface area contributed by atoms with Crippen LogP contribution in [0.5, 0.6) is 0 Å². The summed E-state index contributed by atoms with van der Waals surface area (Å²) in [6, 6.07) is 6.23. The van der Waals surface area contributed by atoms with Gasteiger partial charge in [-0.05, 0) is 26.0 Å². The smallest absolute Gasteiger partial charge is 0.166 e. The second-order valence-electron chi connectivity index (χ2n) is 5.52. The number of carbonyl (C=O) groups is 1. The molecule has 0 unspecified atom stereocenters.